The molecule has 0 N–H and O–H groups in total. The number of ether oxygens (including phenoxy) is 4. The van der Waals surface area contributed by atoms with Crippen LogP contribution in [-0.2, 0) is 19.1 Å². The molecule has 40 heavy (non-hydrogen) atoms. The van der Waals surface area contributed by atoms with Crippen molar-refractivity contribution < 1.29 is 28.5 Å². The lowest BCUT2D eigenvalue weighted by atomic mass is 10.1. The lowest BCUT2D eigenvalue weighted by molar-refractivity contribution is -0.138. The summed E-state index contributed by atoms with van der Waals surface area (Å²) in [6, 6.07) is 26.8. The SMILES string of the molecule is CCOC(=O)/C=C(\C)c1ccc(Oc2cccc3c(Oc4ccc(/C(C)=C/C(=O)OCC)cc4)cccc23)cc1. The molecule has 0 bridgehead atoms. The van der Waals surface area contributed by atoms with Gasteiger partial charge in [0.25, 0.3) is 0 Å². The molecule has 0 saturated carbocycles. The molecule has 0 fully saturated rings. The van der Waals surface area contributed by atoms with Crippen molar-refractivity contribution in [3.63, 3.8) is 0 Å². The van der Waals surface area contributed by atoms with Gasteiger partial charge in [0.15, 0.2) is 0 Å². The van der Waals surface area contributed by atoms with Gasteiger partial charge in [0.1, 0.15) is 23.0 Å². The molecule has 4 rings (SSSR count). The minimum absolute atomic E-state index is 0.343. The van der Waals surface area contributed by atoms with E-state index >= 15 is 0 Å². The maximum atomic E-state index is 11.7. The van der Waals surface area contributed by atoms with Gasteiger partial charge >= 0.3 is 11.9 Å². The first kappa shape index (κ1) is 28.2. The molecule has 4 aromatic carbocycles. The van der Waals surface area contributed by atoms with Crippen LogP contribution in [0.25, 0.3) is 21.9 Å². The summed E-state index contributed by atoms with van der Waals surface area (Å²) in [7, 11) is 0. The number of benzene rings is 4. The van der Waals surface area contributed by atoms with E-state index in [0.717, 1.165) is 33.0 Å². The molecular formula is C34H32O6. The van der Waals surface area contributed by atoms with Crippen LogP contribution in [0.15, 0.2) is 97.1 Å². The molecule has 0 radical (unpaired) electrons. The van der Waals surface area contributed by atoms with Crippen molar-refractivity contribution in [2.24, 2.45) is 0 Å². The number of hydrogen-bond acceptors (Lipinski definition) is 6. The van der Waals surface area contributed by atoms with Gasteiger partial charge < -0.3 is 18.9 Å². The van der Waals surface area contributed by atoms with E-state index in [1.165, 1.54) is 12.2 Å². The Morgan fingerprint density at radius 1 is 0.575 bits per heavy atom. The summed E-state index contributed by atoms with van der Waals surface area (Å²) in [4.78, 5) is 23.5. The zero-order chi connectivity index (χ0) is 28.5. The molecule has 0 unspecified atom stereocenters. The Hall–Kier alpha value is -4.84. The van der Waals surface area contributed by atoms with Gasteiger partial charge in [0.05, 0.1) is 13.2 Å². The smallest absolute Gasteiger partial charge is 0.331 e. The van der Waals surface area contributed by atoms with Gasteiger partial charge in [-0.1, -0.05) is 48.5 Å². The Morgan fingerprint density at radius 2 is 0.950 bits per heavy atom. The van der Waals surface area contributed by atoms with E-state index in [9.17, 15) is 9.59 Å². The summed E-state index contributed by atoms with van der Waals surface area (Å²) in [6.45, 7) is 7.98. The van der Waals surface area contributed by atoms with Crippen molar-refractivity contribution in [2.75, 3.05) is 13.2 Å². The van der Waals surface area contributed by atoms with Crippen molar-refractivity contribution in [1.29, 1.82) is 0 Å². The number of esters is 2. The molecule has 4 aromatic rings. The lowest BCUT2D eigenvalue weighted by Gasteiger charge is -2.13. The van der Waals surface area contributed by atoms with Gasteiger partial charge in [-0.15, -0.1) is 0 Å². The Labute approximate surface area is 234 Å². The van der Waals surface area contributed by atoms with Crippen LogP contribution in [0, 0.1) is 0 Å². The summed E-state index contributed by atoms with van der Waals surface area (Å²) in [5.41, 5.74) is 3.45. The van der Waals surface area contributed by atoms with Crippen molar-refractivity contribution in [2.45, 2.75) is 27.7 Å². The average molecular weight is 537 g/mol. The summed E-state index contributed by atoms with van der Waals surface area (Å²) in [5, 5.41) is 1.82. The number of allylic oxidation sites excluding steroid dienone is 2. The van der Waals surface area contributed by atoms with Crippen LogP contribution >= 0.6 is 0 Å². The molecule has 6 nitrogen and oxygen atoms in total. The molecule has 0 aliphatic carbocycles. The summed E-state index contributed by atoms with van der Waals surface area (Å²) < 4.78 is 22.4. The number of fused-ring (bicyclic) bond motifs is 1. The van der Waals surface area contributed by atoms with Gasteiger partial charge in [0.2, 0.25) is 0 Å². The normalized spacial score (nSPS) is 11.7. The molecule has 0 aromatic heterocycles. The van der Waals surface area contributed by atoms with E-state index in [1.807, 2.05) is 98.8 Å². The van der Waals surface area contributed by atoms with Crippen LogP contribution in [0.2, 0.25) is 0 Å². The first-order chi connectivity index (χ1) is 19.4. The fourth-order valence-electron chi connectivity index (χ4n) is 4.14. The van der Waals surface area contributed by atoms with E-state index in [4.69, 9.17) is 18.9 Å². The van der Waals surface area contributed by atoms with Crippen molar-refractivity contribution in [3.05, 3.63) is 108 Å². The van der Waals surface area contributed by atoms with E-state index in [-0.39, 0.29) is 11.9 Å². The highest BCUT2D eigenvalue weighted by molar-refractivity contribution is 5.94. The van der Waals surface area contributed by atoms with Gasteiger partial charge in [0, 0.05) is 22.9 Å². The van der Waals surface area contributed by atoms with Crippen molar-refractivity contribution >= 4 is 33.9 Å². The Kier molecular flexibility index (Phi) is 9.36. The summed E-state index contributed by atoms with van der Waals surface area (Å²) in [6.07, 6.45) is 2.97. The molecule has 0 spiro atoms. The molecule has 204 valence electrons. The second kappa shape index (κ2) is 13.3. The molecule has 0 heterocycles. The van der Waals surface area contributed by atoms with Crippen molar-refractivity contribution in [3.8, 4) is 23.0 Å². The predicted molar refractivity (Wildman–Crippen MR) is 158 cm³/mol. The minimum atomic E-state index is -0.356. The maximum Gasteiger partial charge on any atom is 0.331 e. The highest BCUT2D eigenvalue weighted by Crippen LogP contribution is 2.37. The van der Waals surface area contributed by atoms with E-state index in [1.54, 1.807) is 13.8 Å². The highest BCUT2D eigenvalue weighted by atomic mass is 16.5. The fourth-order valence-corrected chi connectivity index (χ4v) is 4.14. The van der Waals surface area contributed by atoms with E-state index < -0.39 is 0 Å². The first-order valence-corrected chi connectivity index (χ1v) is 13.2. The third-order valence-corrected chi connectivity index (χ3v) is 6.16. The molecular weight excluding hydrogens is 504 g/mol. The molecule has 0 aliphatic heterocycles. The number of carbonyl (C=O) groups is 2. The second-order valence-electron chi connectivity index (χ2n) is 9.02. The van der Waals surface area contributed by atoms with Crippen LogP contribution in [0.1, 0.15) is 38.8 Å². The summed E-state index contributed by atoms with van der Waals surface area (Å²) >= 11 is 0. The van der Waals surface area contributed by atoms with E-state index in [0.29, 0.717) is 36.2 Å². The fraction of sp³-hybridized carbons (Fsp3) is 0.176. The number of hydrogen-bond donors (Lipinski definition) is 0. The van der Waals surface area contributed by atoms with Crippen LogP contribution in [0.4, 0.5) is 0 Å². The largest absolute Gasteiger partial charge is 0.463 e. The van der Waals surface area contributed by atoms with Crippen LogP contribution in [0.5, 0.6) is 23.0 Å². The lowest BCUT2D eigenvalue weighted by Crippen LogP contribution is -2.00. The van der Waals surface area contributed by atoms with Gasteiger partial charge in [-0.2, -0.15) is 0 Å². The van der Waals surface area contributed by atoms with Crippen LogP contribution in [-0.4, -0.2) is 25.2 Å². The molecule has 0 amide bonds. The maximum absolute atomic E-state index is 11.7. The quantitative estimate of drug-likeness (QED) is 0.150. The number of carbonyl (C=O) groups excluding carboxylic acids is 2. The van der Waals surface area contributed by atoms with Crippen LogP contribution in [0.3, 0.4) is 0 Å². The molecule has 6 heteroatoms. The summed E-state index contributed by atoms with van der Waals surface area (Å²) in [5.74, 6) is 2.04. The zero-order valence-corrected chi connectivity index (χ0v) is 23.1. The second-order valence-corrected chi connectivity index (χ2v) is 9.02. The third-order valence-electron chi connectivity index (χ3n) is 6.16. The Morgan fingerprint density at radius 3 is 1.30 bits per heavy atom. The Balaban J connectivity index is 1.51. The first-order valence-electron chi connectivity index (χ1n) is 13.2. The van der Waals surface area contributed by atoms with Crippen LogP contribution < -0.4 is 9.47 Å². The standard InChI is InChI=1S/C34H32O6/c1-5-37-33(35)21-23(3)25-13-17-27(18-14-25)39-31-11-7-10-30-29(31)9-8-12-32(30)40-28-19-15-26(16-20-28)24(4)22-34(36)38-6-2/h7-22H,5-6H2,1-4H3/b23-21+,24-22+. The molecule has 0 saturated heterocycles. The van der Waals surface area contributed by atoms with Crippen molar-refractivity contribution in [1.82, 2.24) is 0 Å². The molecule has 0 aliphatic rings. The minimum Gasteiger partial charge on any atom is -0.463 e. The van der Waals surface area contributed by atoms with Gasteiger partial charge in [-0.3, -0.25) is 0 Å². The van der Waals surface area contributed by atoms with Gasteiger partial charge in [-0.25, -0.2) is 9.59 Å². The Bertz CT molecular complexity index is 1430. The predicted octanol–water partition coefficient (Wildman–Crippen LogP) is 8.36. The van der Waals surface area contributed by atoms with E-state index in [2.05, 4.69) is 0 Å². The number of rotatable bonds is 10. The average Bonchev–Trinajstić information content (AvgIpc) is 2.94. The topological polar surface area (TPSA) is 71.1 Å². The highest BCUT2D eigenvalue weighted by Gasteiger charge is 2.10. The molecule has 0 atom stereocenters. The third kappa shape index (κ3) is 7.17. The van der Waals surface area contributed by atoms with Gasteiger partial charge in [-0.05, 0) is 86.4 Å². The monoisotopic (exact) mass is 536 g/mol. The zero-order valence-electron chi connectivity index (χ0n) is 23.1.